The van der Waals surface area contributed by atoms with Gasteiger partial charge in [-0.1, -0.05) is 6.07 Å². The van der Waals surface area contributed by atoms with Crippen molar-refractivity contribution in [2.24, 2.45) is 0 Å². The van der Waals surface area contributed by atoms with E-state index in [2.05, 4.69) is 5.32 Å². The standard InChI is InChI=1S/C17H19F2N/c1-10-5-6-14(7-11(10)2)20-13(4)15-9-16(18)12(3)8-17(15)19/h5-9,13,20H,1-4H3. The van der Waals surface area contributed by atoms with Gasteiger partial charge in [-0.15, -0.1) is 0 Å². The molecule has 0 bridgehead atoms. The summed E-state index contributed by atoms with van der Waals surface area (Å²) >= 11 is 0. The number of benzene rings is 2. The first-order chi connectivity index (χ1) is 9.38. The predicted octanol–water partition coefficient (Wildman–Crippen LogP) is 5.06. The molecule has 2 rings (SSSR count). The van der Waals surface area contributed by atoms with Gasteiger partial charge in [0, 0.05) is 11.3 Å². The minimum absolute atomic E-state index is 0.299. The van der Waals surface area contributed by atoms with E-state index in [-0.39, 0.29) is 17.7 Å². The summed E-state index contributed by atoms with van der Waals surface area (Å²) in [6, 6.07) is 8.17. The molecule has 0 spiro atoms. The smallest absolute Gasteiger partial charge is 0.128 e. The van der Waals surface area contributed by atoms with Crippen LogP contribution in [0.15, 0.2) is 30.3 Å². The Kier molecular flexibility index (Phi) is 4.07. The first kappa shape index (κ1) is 14.5. The largest absolute Gasteiger partial charge is 0.378 e. The molecule has 0 heterocycles. The SMILES string of the molecule is Cc1ccc(NC(C)c2cc(F)c(C)cc2F)cc1C. The molecule has 0 radical (unpaired) electrons. The zero-order valence-corrected chi connectivity index (χ0v) is 12.2. The minimum atomic E-state index is -0.382. The van der Waals surface area contributed by atoms with Crippen molar-refractivity contribution >= 4 is 5.69 Å². The Morgan fingerprint density at radius 2 is 1.55 bits per heavy atom. The van der Waals surface area contributed by atoms with Crippen molar-refractivity contribution in [3.63, 3.8) is 0 Å². The van der Waals surface area contributed by atoms with Crippen LogP contribution in [-0.2, 0) is 0 Å². The van der Waals surface area contributed by atoms with Gasteiger partial charge in [-0.2, -0.15) is 0 Å². The molecule has 0 saturated carbocycles. The summed E-state index contributed by atoms with van der Waals surface area (Å²) in [4.78, 5) is 0. The maximum atomic E-state index is 13.9. The molecule has 20 heavy (non-hydrogen) atoms. The van der Waals surface area contributed by atoms with E-state index < -0.39 is 0 Å². The van der Waals surface area contributed by atoms with Crippen LogP contribution in [0.1, 0.15) is 35.2 Å². The number of aryl methyl sites for hydroxylation is 3. The lowest BCUT2D eigenvalue weighted by Crippen LogP contribution is -2.10. The summed E-state index contributed by atoms with van der Waals surface area (Å²) < 4.78 is 27.5. The lowest BCUT2D eigenvalue weighted by molar-refractivity contribution is 0.571. The second-order valence-electron chi connectivity index (χ2n) is 5.29. The van der Waals surface area contributed by atoms with Crippen molar-refractivity contribution in [1.82, 2.24) is 0 Å². The number of rotatable bonds is 3. The van der Waals surface area contributed by atoms with E-state index in [1.165, 1.54) is 17.7 Å². The summed E-state index contributed by atoms with van der Waals surface area (Å²) in [7, 11) is 0. The number of hydrogen-bond acceptors (Lipinski definition) is 1. The topological polar surface area (TPSA) is 12.0 Å². The van der Waals surface area contributed by atoms with Gasteiger partial charge in [-0.3, -0.25) is 0 Å². The third-order valence-corrected chi connectivity index (χ3v) is 3.63. The molecule has 2 aromatic carbocycles. The van der Waals surface area contributed by atoms with Crippen LogP contribution in [0.2, 0.25) is 0 Å². The first-order valence-corrected chi connectivity index (χ1v) is 6.68. The van der Waals surface area contributed by atoms with E-state index in [0.29, 0.717) is 11.1 Å². The van der Waals surface area contributed by atoms with Gasteiger partial charge in [0.2, 0.25) is 0 Å². The fourth-order valence-corrected chi connectivity index (χ4v) is 2.15. The van der Waals surface area contributed by atoms with Gasteiger partial charge in [0.25, 0.3) is 0 Å². The van der Waals surface area contributed by atoms with Gasteiger partial charge in [0.05, 0.1) is 6.04 Å². The molecule has 1 nitrogen and oxygen atoms in total. The van der Waals surface area contributed by atoms with Gasteiger partial charge in [0.1, 0.15) is 11.6 Å². The van der Waals surface area contributed by atoms with Crippen LogP contribution >= 0.6 is 0 Å². The average molecular weight is 275 g/mol. The molecular formula is C17H19F2N. The van der Waals surface area contributed by atoms with E-state index in [0.717, 1.165) is 11.3 Å². The van der Waals surface area contributed by atoms with E-state index in [4.69, 9.17) is 0 Å². The van der Waals surface area contributed by atoms with Crippen LogP contribution in [0.5, 0.6) is 0 Å². The zero-order chi connectivity index (χ0) is 14.9. The Bertz CT molecular complexity index is 635. The van der Waals surface area contributed by atoms with Crippen molar-refractivity contribution < 1.29 is 8.78 Å². The van der Waals surface area contributed by atoms with Gasteiger partial charge in [0.15, 0.2) is 0 Å². The molecule has 0 aliphatic rings. The summed E-state index contributed by atoms with van der Waals surface area (Å²) in [6.07, 6.45) is 0. The fraction of sp³-hybridized carbons (Fsp3) is 0.294. The van der Waals surface area contributed by atoms with E-state index in [9.17, 15) is 8.78 Å². The van der Waals surface area contributed by atoms with Crippen LogP contribution in [0.3, 0.4) is 0 Å². The summed E-state index contributed by atoms with van der Waals surface area (Å²) in [5.74, 6) is -0.761. The molecule has 2 aromatic rings. The predicted molar refractivity (Wildman–Crippen MR) is 79.0 cm³/mol. The molecule has 0 saturated heterocycles. The van der Waals surface area contributed by atoms with Gasteiger partial charge < -0.3 is 5.32 Å². The van der Waals surface area contributed by atoms with Crippen LogP contribution in [0.25, 0.3) is 0 Å². The quantitative estimate of drug-likeness (QED) is 0.825. The molecule has 0 aromatic heterocycles. The third-order valence-electron chi connectivity index (χ3n) is 3.63. The minimum Gasteiger partial charge on any atom is -0.378 e. The highest BCUT2D eigenvalue weighted by atomic mass is 19.1. The van der Waals surface area contributed by atoms with Crippen molar-refractivity contribution in [1.29, 1.82) is 0 Å². The Morgan fingerprint density at radius 3 is 2.20 bits per heavy atom. The molecular weight excluding hydrogens is 256 g/mol. The van der Waals surface area contributed by atoms with Gasteiger partial charge >= 0.3 is 0 Å². The molecule has 0 amide bonds. The Hall–Kier alpha value is -1.90. The van der Waals surface area contributed by atoms with Crippen molar-refractivity contribution in [2.75, 3.05) is 5.32 Å². The Morgan fingerprint density at radius 1 is 0.850 bits per heavy atom. The number of nitrogens with one attached hydrogen (secondary N) is 1. The molecule has 0 aliphatic heterocycles. The Labute approximate surface area is 118 Å². The molecule has 3 heteroatoms. The van der Waals surface area contributed by atoms with Crippen LogP contribution in [0, 0.1) is 32.4 Å². The van der Waals surface area contributed by atoms with Crippen LogP contribution < -0.4 is 5.32 Å². The van der Waals surface area contributed by atoms with E-state index in [1.807, 2.05) is 39.0 Å². The van der Waals surface area contributed by atoms with E-state index >= 15 is 0 Å². The van der Waals surface area contributed by atoms with Crippen molar-refractivity contribution in [2.45, 2.75) is 33.7 Å². The molecule has 0 aliphatic carbocycles. The molecule has 106 valence electrons. The molecule has 1 unspecified atom stereocenters. The van der Waals surface area contributed by atoms with Crippen LogP contribution in [0.4, 0.5) is 14.5 Å². The average Bonchev–Trinajstić information content (AvgIpc) is 2.38. The van der Waals surface area contributed by atoms with Crippen LogP contribution in [-0.4, -0.2) is 0 Å². The lowest BCUT2D eigenvalue weighted by Gasteiger charge is -2.18. The maximum absolute atomic E-state index is 13.9. The first-order valence-electron chi connectivity index (χ1n) is 6.68. The summed E-state index contributed by atoms with van der Waals surface area (Å²) in [5, 5.41) is 3.21. The number of anilines is 1. The van der Waals surface area contributed by atoms with Crippen molar-refractivity contribution in [3.05, 3.63) is 64.2 Å². The zero-order valence-electron chi connectivity index (χ0n) is 12.2. The normalized spacial score (nSPS) is 12.3. The number of halogens is 2. The number of hydrogen-bond donors (Lipinski definition) is 1. The molecule has 1 N–H and O–H groups in total. The summed E-state index contributed by atoms with van der Waals surface area (Å²) in [5.41, 5.74) is 3.94. The monoisotopic (exact) mass is 275 g/mol. The second-order valence-corrected chi connectivity index (χ2v) is 5.29. The van der Waals surface area contributed by atoms with Crippen molar-refractivity contribution in [3.8, 4) is 0 Å². The fourth-order valence-electron chi connectivity index (χ4n) is 2.15. The summed E-state index contributed by atoms with van der Waals surface area (Å²) in [6.45, 7) is 7.45. The van der Waals surface area contributed by atoms with E-state index in [1.54, 1.807) is 6.92 Å². The maximum Gasteiger partial charge on any atom is 0.128 e. The third kappa shape index (κ3) is 2.98. The van der Waals surface area contributed by atoms with Gasteiger partial charge in [-0.05, 0) is 68.7 Å². The highest BCUT2D eigenvalue weighted by Crippen LogP contribution is 2.25. The second kappa shape index (κ2) is 5.61. The lowest BCUT2D eigenvalue weighted by atomic mass is 10.0. The highest BCUT2D eigenvalue weighted by molar-refractivity contribution is 5.50. The Balaban J connectivity index is 2.25. The molecule has 0 fully saturated rings. The highest BCUT2D eigenvalue weighted by Gasteiger charge is 2.14. The molecule has 1 atom stereocenters. The van der Waals surface area contributed by atoms with Gasteiger partial charge in [-0.25, -0.2) is 8.78 Å².